The zero-order valence-electron chi connectivity index (χ0n) is 17.8. The molecule has 0 bridgehead atoms. The summed E-state index contributed by atoms with van der Waals surface area (Å²) >= 11 is 0. The number of anilines is 1. The lowest BCUT2D eigenvalue weighted by atomic mass is 9.85. The lowest BCUT2D eigenvalue weighted by Gasteiger charge is -2.38. The molecule has 2 fully saturated rings. The van der Waals surface area contributed by atoms with Crippen LogP contribution in [0.5, 0.6) is 0 Å². The molecule has 0 radical (unpaired) electrons. The van der Waals surface area contributed by atoms with E-state index in [1.54, 1.807) is 10.9 Å². The SMILES string of the molecule is Cc1c(NC(=O)CN2[C@H]3CCCCCN[C@@]3(C)C[C@H]2c2ccccc2)cnn1C. The zero-order chi connectivity index (χ0) is 20.4. The van der Waals surface area contributed by atoms with Crippen LogP contribution < -0.4 is 10.6 Å². The Morgan fingerprint density at radius 2 is 2.07 bits per heavy atom. The average Bonchev–Trinajstić information content (AvgIpc) is 3.14. The molecule has 29 heavy (non-hydrogen) atoms. The van der Waals surface area contributed by atoms with Crippen LogP contribution in [0.1, 0.15) is 56.3 Å². The Bertz CT molecular complexity index is 848. The molecule has 0 spiro atoms. The summed E-state index contributed by atoms with van der Waals surface area (Å²) in [6.45, 7) is 5.78. The fourth-order valence-corrected chi connectivity index (χ4v) is 5.11. The first-order chi connectivity index (χ1) is 14.0. The second kappa shape index (κ2) is 8.28. The van der Waals surface area contributed by atoms with Crippen molar-refractivity contribution in [3.8, 4) is 0 Å². The van der Waals surface area contributed by atoms with Gasteiger partial charge in [-0.1, -0.05) is 43.2 Å². The molecule has 2 aliphatic rings. The zero-order valence-corrected chi connectivity index (χ0v) is 17.8. The van der Waals surface area contributed by atoms with Gasteiger partial charge in [-0.25, -0.2) is 0 Å². The molecule has 1 aromatic carbocycles. The summed E-state index contributed by atoms with van der Waals surface area (Å²) in [5.41, 5.74) is 3.10. The first kappa shape index (κ1) is 20.1. The van der Waals surface area contributed by atoms with Gasteiger partial charge in [-0.3, -0.25) is 14.4 Å². The molecular formula is C23H33N5O. The van der Waals surface area contributed by atoms with Crippen molar-refractivity contribution in [3.63, 3.8) is 0 Å². The van der Waals surface area contributed by atoms with Crippen molar-refractivity contribution in [2.24, 2.45) is 7.05 Å². The fourth-order valence-electron chi connectivity index (χ4n) is 5.11. The quantitative estimate of drug-likeness (QED) is 0.833. The minimum atomic E-state index is 0.0332. The van der Waals surface area contributed by atoms with Crippen molar-refractivity contribution in [2.45, 2.75) is 63.6 Å². The van der Waals surface area contributed by atoms with Gasteiger partial charge in [-0.05, 0) is 45.2 Å². The summed E-state index contributed by atoms with van der Waals surface area (Å²) < 4.78 is 1.79. The molecule has 6 nitrogen and oxygen atoms in total. The van der Waals surface area contributed by atoms with Gasteiger partial charge in [0.25, 0.3) is 0 Å². The third kappa shape index (κ3) is 4.09. The molecule has 4 rings (SSSR count). The van der Waals surface area contributed by atoms with Gasteiger partial charge in [0.1, 0.15) is 0 Å². The molecule has 1 amide bonds. The van der Waals surface area contributed by atoms with Crippen molar-refractivity contribution in [2.75, 3.05) is 18.4 Å². The standard InChI is InChI=1S/C23H33N5O/c1-17-19(15-25-27(17)3)26-22(29)16-28-20(18-10-6-4-7-11-18)14-23(2)21(28)12-8-5-9-13-24-23/h4,6-7,10-11,15,20-21,24H,5,8-9,12-14,16H2,1-3H3,(H,26,29)/t20-,21-,23-/m0/s1. The Hall–Kier alpha value is -2.18. The lowest BCUT2D eigenvalue weighted by Crippen LogP contribution is -2.54. The third-order valence-electron chi connectivity index (χ3n) is 6.86. The number of aryl methyl sites for hydroxylation is 1. The molecule has 1 aromatic heterocycles. The molecule has 2 aliphatic heterocycles. The van der Waals surface area contributed by atoms with Gasteiger partial charge in [-0.2, -0.15) is 5.10 Å². The van der Waals surface area contributed by atoms with Crippen molar-refractivity contribution in [1.29, 1.82) is 0 Å². The third-order valence-corrected chi connectivity index (χ3v) is 6.86. The number of hydrogen-bond acceptors (Lipinski definition) is 4. The maximum atomic E-state index is 13.0. The van der Waals surface area contributed by atoms with Gasteiger partial charge in [0.15, 0.2) is 0 Å². The van der Waals surface area contributed by atoms with Gasteiger partial charge in [0.05, 0.1) is 24.1 Å². The van der Waals surface area contributed by atoms with E-state index in [9.17, 15) is 4.79 Å². The van der Waals surface area contributed by atoms with E-state index in [0.717, 1.165) is 30.8 Å². The molecule has 3 atom stereocenters. The molecule has 0 unspecified atom stereocenters. The number of hydrogen-bond donors (Lipinski definition) is 2. The minimum absolute atomic E-state index is 0.0332. The summed E-state index contributed by atoms with van der Waals surface area (Å²) in [7, 11) is 1.89. The summed E-state index contributed by atoms with van der Waals surface area (Å²) in [5, 5.41) is 11.2. The summed E-state index contributed by atoms with van der Waals surface area (Å²) in [6.07, 6.45) is 7.60. The van der Waals surface area contributed by atoms with E-state index in [4.69, 9.17) is 0 Å². The van der Waals surface area contributed by atoms with Gasteiger partial charge >= 0.3 is 0 Å². The number of nitrogens with one attached hydrogen (secondary N) is 2. The maximum absolute atomic E-state index is 13.0. The van der Waals surface area contributed by atoms with Gasteiger partial charge in [-0.15, -0.1) is 0 Å². The van der Waals surface area contributed by atoms with Crippen LogP contribution in [0.25, 0.3) is 0 Å². The van der Waals surface area contributed by atoms with Gasteiger partial charge in [0.2, 0.25) is 5.91 Å². The summed E-state index contributed by atoms with van der Waals surface area (Å²) in [5.74, 6) is 0.0355. The van der Waals surface area contributed by atoms with E-state index < -0.39 is 0 Å². The Balaban J connectivity index is 1.59. The number of nitrogens with zero attached hydrogens (tertiary/aromatic N) is 3. The Kier molecular flexibility index (Phi) is 5.74. The van der Waals surface area contributed by atoms with Crippen LogP contribution in [0, 0.1) is 6.92 Å². The number of benzene rings is 1. The van der Waals surface area contributed by atoms with Gasteiger partial charge in [0, 0.05) is 24.7 Å². The number of rotatable bonds is 4. The fraction of sp³-hybridized carbons (Fsp3) is 0.565. The average molecular weight is 396 g/mol. The van der Waals surface area contributed by atoms with Crippen molar-refractivity contribution in [1.82, 2.24) is 20.0 Å². The van der Waals surface area contributed by atoms with E-state index in [1.807, 2.05) is 14.0 Å². The summed E-state index contributed by atoms with van der Waals surface area (Å²) in [4.78, 5) is 15.5. The normalized spacial score (nSPS) is 27.8. The van der Waals surface area contributed by atoms with E-state index in [0.29, 0.717) is 12.6 Å². The molecule has 2 N–H and O–H groups in total. The first-order valence-corrected chi connectivity index (χ1v) is 10.8. The Morgan fingerprint density at radius 1 is 1.28 bits per heavy atom. The van der Waals surface area contributed by atoms with Crippen LogP contribution in [-0.4, -0.2) is 45.3 Å². The van der Waals surface area contributed by atoms with Crippen LogP contribution in [0.15, 0.2) is 36.5 Å². The van der Waals surface area contributed by atoms with E-state index in [2.05, 4.69) is 57.9 Å². The number of amides is 1. The van der Waals surface area contributed by atoms with Crippen LogP contribution in [0.2, 0.25) is 0 Å². The number of likely N-dealkylation sites (tertiary alicyclic amines) is 1. The molecule has 0 saturated carbocycles. The molecule has 0 aliphatic carbocycles. The topological polar surface area (TPSA) is 62.2 Å². The first-order valence-electron chi connectivity index (χ1n) is 10.8. The number of fused-ring (bicyclic) bond motifs is 1. The highest BCUT2D eigenvalue weighted by Gasteiger charge is 2.49. The van der Waals surface area contributed by atoms with Crippen molar-refractivity contribution < 1.29 is 4.79 Å². The minimum Gasteiger partial charge on any atom is -0.322 e. The smallest absolute Gasteiger partial charge is 0.238 e. The number of carbonyl (C=O) groups is 1. The number of carbonyl (C=O) groups excluding carboxylic acids is 1. The van der Waals surface area contributed by atoms with Crippen LogP contribution >= 0.6 is 0 Å². The second-order valence-corrected chi connectivity index (χ2v) is 8.83. The molecule has 2 saturated heterocycles. The summed E-state index contributed by atoms with van der Waals surface area (Å²) in [6, 6.07) is 11.3. The molecular weight excluding hydrogens is 362 g/mol. The molecule has 156 valence electrons. The Labute approximate surface area is 173 Å². The van der Waals surface area contributed by atoms with E-state index >= 15 is 0 Å². The van der Waals surface area contributed by atoms with E-state index in [-0.39, 0.29) is 17.5 Å². The molecule has 2 aromatic rings. The maximum Gasteiger partial charge on any atom is 0.238 e. The predicted octanol–water partition coefficient (Wildman–Crippen LogP) is 3.40. The van der Waals surface area contributed by atoms with Crippen LogP contribution in [0.3, 0.4) is 0 Å². The highest BCUT2D eigenvalue weighted by atomic mass is 16.2. The van der Waals surface area contributed by atoms with Crippen LogP contribution in [-0.2, 0) is 11.8 Å². The molecule has 3 heterocycles. The Morgan fingerprint density at radius 3 is 2.79 bits per heavy atom. The van der Waals surface area contributed by atoms with Crippen molar-refractivity contribution in [3.05, 3.63) is 47.8 Å². The monoisotopic (exact) mass is 395 g/mol. The highest BCUT2D eigenvalue weighted by molar-refractivity contribution is 5.92. The predicted molar refractivity (Wildman–Crippen MR) is 116 cm³/mol. The largest absolute Gasteiger partial charge is 0.322 e. The van der Waals surface area contributed by atoms with Gasteiger partial charge < -0.3 is 10.6 Å². The van der Waals surface area contributed by atoms with Crippen LogP contribution in [0.4, 0.5) is 5.69 Å². The lowest BCUT2D eigenvalue weighted by molar-refractivity contribution is -0.118. The second-order valence-electron chi connectivity index (χ2n) is 8.83. The van der Waals surface area contributed by atoms with E-state index in [1.165, 1.54) is 24.8 Å². The number of aromatic nitrogens is 2. The highest BCUT2D eigenvalue weighted by Crippen LogP contribution is 2.44. The molecule has 6 heteroatoms. The van der Waals surface area contributed by atoms with Crippen molar-refractivity contribution >= 4 is 11.6 Å².